The number of cyclic esters (lactones) is 1. The third kappa shape index (κ3) is 1.97. The Kier molecular flexibility index (Phi) is 3.09. The average Bonchev–Trinajstić information content (AvgIpc) is 2.03. The molecule has 12 heavy (non-hydrogen) atoms. The molecule has 1 heterocycles. The maximum Gasteiger partial charge on any atom is 0.323 e. The molecular formula is C9H17NO2. The Morgan fingerprint density at radius 3 is 2.92 bits per heavy atom. The van der Waals surface area contributed by atoms with Crippen LogP contribution in [0.15, 0.2) is 0 Å². The first-order valence-electron chi connectivity index (χ1n) is 4.59. The van der Waals surface area contributed by atoms with E-state index in [2.05, 4.69) is 19.2 Å². The van der Waals surface area contributed by atoms with Gasteiger partial charge in [-0.15, -0.1) is 0 Å². The molecule has 1 aliphatic rings. The molecule has 0 radical (unpaired) electrons. The van der Waals surface area contributed by atoms with Crippen LogP contribution in [0.3, 0.4) is 0 Å². The third-order valence-electron chi connectivity index (χ3n) is 2.41. The van der Waals surface area contributed by atoms with Crippen LogP contribution in [0.5, 0.6) is 0 Å². The lowest BCUT2D eigenvalue weighted by atomic mass is 9.98. The minimum absolute atomic E-state index is 0.0257. The highest BCUT2D eigenvalue weighted by molar-refractivity contribution is 5.77. The number of nitrogens with one attached hydrogen (secondary N) is 1. The second-order valence-electron chi connectivity index (χ2n) is 3.52. The van der Waals surface area contributed by atoms with Crippen molar-refractivity contribution < 1.29 is 9.53 Å². The molecule has 0 spiro atoms. The number of ether oxygens (including phenoxy) is 1. The van der Waals surface area contributed by atoms with E-state index in [9.17, 15) is 4.79 Å². The molecule has 3 heteroatoms. The largest absolute Gasteiger partial charge is 0.460 e. The number of carbonyl (C=O) groups is 1. The Labute approximate surface area is 73.5 Å². The Hall–Kier alpha value is -0.570. The summed E-state index contributed by atoms with van der Waals surface area (Å²) in [7, 11) is 0. The molecule has 1 rings (SSSR count). The zero-order valence-corrected chi connectivity index (χ0v) is 7.96. The van der Waals surface area contributed by atoms with E-state index >= 15 is 0 Å². The fourth-order valence-electron chi connectivity index (χ4n) is 1.36. The molecule has 0 amide bonds. The monoisotopic (exact) mass is 171 g/mol. The summed E-state index contributed by atoms with van der Waals surface area (Å²) in [6, 6.07) is -0.0915. The molecule has 0 aromatic heterocycles. The van der Waals surface area contributed by atoms with E-state index in [-0.39, 0.29) is 18.1 Å². The van der Waals surface area contributed by atoms with Gasteiger partial charge in [-0.2, -0.15) is 0 Å². The molecule has 1 fully saturated rings. The maximum atomic E-state index is 11.3. The van der Waals surface area contributed by atoms with Gasteiger partial charge in [0.25, 0.3) is 0 Å². The number of hydrogen-bond acceptors (Lipinski definition) is 3. The van der Waals surface area contributed by atoms with E-state index in [1.807, 2.05) is 6.92 Å². The zero-order chi connectivity index (χ0) is 9.14. The van der Waals surface area contributed by atoms with Crippen LogP contribution < -0.4 is 5.32 Å². The fourth-order valence-corrected chi connectivity index (χ4v) is 1.36. The molecule has 3 unspecified atom stereocenters. The lowest BCUT2D eigenvalue weighted by Crippen LogP contribution is -2.51. The van der Waals surface area contributed by atoms with Gasteiger partial charge in [0.1, 0.15) is 12.1 Å². The number of rotatable bonds is 2. The van der Waals surface area contributed by atoms with Gasteiger partial charge in [0.05, 0.1) is 0 Å². The first-order valence-corrected chi connectivity index (χ1v) is 4.59. The van der Waals surface area contributed by atoms with E-state index in [1.54, 1.807) is 0 Å². The van der Waals surface area contributed by atoms with Crippen LogP contribution in [0.1, 0.15) is 27.2 Å². The van der Waals surface area contributed by atoms with Crippen molar-refractivity contribution in [1.82, 2.24) is 5.32 Å². The van der Waals surface area contributed by atoms with E-state index in [0.29, 0.717) is 5.92 Å². The Morgan fingerprint density at radius 2 is 2.42 bits per heavy atom. The fraction of sp³-hybridized carbons (Fsp3) is 0.889. The topological polar surface area (TPSA) is 38.3 Å². The highest BCUT2D eigenvalue weighted by atomic mass is 16.5. The Morgan fingerprint density at radius 1 is 1.75 bits per heavy atom. The van der Waals surface area contributed by atoms with Crippen LogP contribution in [0, 0.1) is 5.92 Å². The standard InChI is InChI=1S/C9H17NO2/c1-4-6(2)8-9(11)12-7(3)5-10-8/h6-8,10H,4-5H2,1-3H3. The molecule has 1 N–H and O–H groups in total. The van der Waals surface area contributed by atoms with Gasteiger partial charge in [-0.05, 0) is 12.8 Å². The van der Waals surface area contributed by atoms with Crippen LogP contribution in [-0.4, -0.2) is 24.7 Å². The number of esters is 1. The summed E-state index contributed by atoms with van der Waals surface area (Å²) in [5, 5.41) is 3.19. The van der Waals surface area contributed by atoms with Crippen LogP contribution in [0.25, 0.3) is 0 Å². The second-order valence-corrected chi connectivity index (χ2v) is 3.52. The lowest BCUT2D eigenvalue weighted by molar-refractivity contribution is -0.156. The predicted octanol–water partition coefficient (Wildman–Crippen LogP) is 0.936. The van der Waals surface area contributed by atoms with E-state index in [4.69, 9.17) is 4.74 Å². The van der Waals surface area contributed by atoms with E-state index in [0.717, 1.165) is 13.0 Å². The highest BCUT2D eigenvalue weighted by Crippen LogP contribution is 2.13. The van der Waals surface area contributed by atoms with Crippen molar-refractivity contribution in [2.75, 3.05) is 6.54 Å². The van der Waals surface area contributed by atoms with Crippen molar-refractivity contribution in [2.24, 2.45) is 5.92 Å². The van der Waals surface area contributed by atoms with Gasteiger partial charge in [0.15, 0.2) is 0 Å². The maximum absolute atomic E-state index is 11.3. The average molecular weight is 171 g/mol. The summed E-state index contributed by atoms with van der Waals surface area (Å²) in [6.07, 6.45) is 1.03. The van der Waals surface area contributed by atoms with Crippen molar-refractivity contribution in [3.8, 4) is 0 Å². The summed E-state index contributed by atoms with van der Waals surface area (Å²) in [6.45, 7) is 6.82. The number of carbonyl (C=O) groups excluding carboxylic acids is 1. The zero-order valence-electron chi connectivity index (χ0n) is 7.96. The summed E-state index contributed by atoms with van der Waals surface area (Å²) < 4.78 is 5.12. The second kappa shape index (κ2) is 3.90. The Bertz CT molecular complexity index is 170. The minimum atomic E-state index is -0.0944. The van der Waals surface area contributed by atoms with Crippen LogP contribution >= 0.6 is 0 Å². The molecular weight excluding hydrogens is 154 g/mol. The SMILES string of the molecule is CCC(C)C1NCC(C)OC1=O. The highest BCUT2D eigenvalue weighted by Gasteiger charge is 2.30. The van der Waals surface area contributed by atoms with Crippen molar-refractivity contribution in [3.63, 3.8) is 0 Å². The molecule has 70 valence electrons. The first kappa shape index (κ1) is 9.52. The third-order valence-corrected chi connectivity index (χ3v) is 2.41. The van der Waals surface area contributed by atoms with Gasteiger partial charge in [-0.25, -0.2) is 0 Å². The van der Waals surface area contributed by atoms with Gasteiger partial charge in [-0.1, -0.05) is 20.3 Å². The quantitative estimate of drug-likeness (QED) is 0.628. The smallest absolute Gasteiger partial charge is 0.323 e. The summed E-state index contributed by atoms with van der Waals surface area (Å²) in [5.74, 6) is 0.271. The lowest BCUT2D eigenvalue weighted by Gasteiger charge is -2.30. The molecule has 0 aromatic carbocycles. The van der Waals surface area contributed by atoms with Gasteiger partial charge < -0.3 is 10.1 Å². The summed E-state index contributed by atoms with van der Waals surface area (Å²) in [5.41, 5.74) is 0. The molecule has 3 atom stereocenters. The molecule has 0 aliphatic carbocycles. The first-order chi connectivity index (χ1) is 5.65. The van der Waals surface area contributed by atoms with E-state index in [1.165, 1.54) is 0 Å². The van der Waals surface area contributed by atoms with Crippen molar-refractivity contribution in [3.05, 3.63) is 0 Å². The summed E-state index contributed by atoms with van der Waals surface area (Å²) in [4.78, 5) is 11.3. The van der Waals surface area contributed by atoms with Crippen LogP contribution in [-0.2, 0) is 9.53 Å². The summed E-state index contributed by atoms with van der Waals surface area (Å²) >= 11 is 0. The van der Waals surface area contributed by atoms with Crippen molar-refractivity contribution >= 4 is 5.97 Å². The minimum Gasteiger partial charge on any atom is -0.460 e. The van der Waals surface area contributed by atoms with Gasteiger partial charge in [0.2, 0.25) is 0 Å². The molecule has 0 bridgehead atoms. The van der Waals surface area contributed by atoms with Gasteiger partial charge in [0, 0.05) is 6.54 Å². The number of hydrogen-bond donors (Lipinski definition) is 1. The van der Waals surface area contributed by atoms with Crippen LogP contribution in [0.2, 0.25) is 0 Å². The van der Waals surface area contributed by atoms with Gasteiger partial charge in [-0.3, -0.25) is 4.79 Å². The molecule has 1 saturated heterocycles. The van der Waals surface area contributed by atoms with Crippen molar-refractivity contribution in [2.45, 2.75) is 39.3 Å². The molecule has 3 nitrogen and oxygen atoms in total. The molecule has 0 saturated carbocycles. The molecule has 1 aliphatic heterocycles. The van der Waals surface area contributed by atoms with Crippen molar-refractivity contribution in [1.29, 1.82) is 0 Å². The Balaban J connectivity index is 2.50. The molecule has 0 aromatic rings. The van der Waals surface area contributed by atoms with Crippen LogP contribution in [0.4, 0.5) is 0 Å². The normalized spacial score (nSPS) is 32.8. The van der Waals surface area contributed by atoms with E-state index < -0.39 is 0 Å². The predicted molar refractivity (Wildman–Crippen MR) is 46.8 cm³/mol. The van der Waals surface area contributed by atoms with Gasteiger partial charge >= 0.3 is 5.97 Å². The number of morpholine rings is 1.